The molecule has 9 heteroatoms. The monoisotopic (exact) mass is 373 g/mol. The number of benzene rings is 1. The van der Waals surface area contributed by atoms with E-state index in [-0.39, 0.29) is 22.7 Å². The van der Waals surface area contributed by atoms with Crippen molar-refractivity contribution in [3.63, 3.8) is 0 Å². The van der Waals surface area contributed by atoms with Crippen molar-refractivity contribution in [3.8, 4) is 0 Å². The van der Waals surface area contributed by atoms with E-state index in [1.54, 1.807) is 24.3 Å². The third-order valence-electron chi connectivity index (χ3n) is 3.84. The van der Waals surface area contributed by atoms with Crippen LogP contribution in [-0.2, 0) is 18.4 Å². The summed E-state index contributed by atoms with van der Waals surface area (Å²) in [4.78, 5) is 47.7. The maximum absolute atomic E-state index is 12.7. The molecule has 8 nitrogen and oxygen atoms in total. The second-order valence-electron chi connectivity index (χ2n) is 5.75. The lowest BCUT2D eigenvalue weighted by Crippen LogP contribution is -2.38. The minimum absolute atomic E-state index is 0.00418. The highest BCUT2D eigenvalue weighted by Gasteiger charge is 2.17. The Morgan fingerprint density at radius 2 is 1.85 bits per heavy atom. The molecule has 0 saturated heterocycles. The molecule has 2 aromatic heterocycles. The fourth-order valence-corrected chi connectivity index (χ4v) is 3.55. The van der Waals surface area contributed by atoms with Gasteiger partial charge in [0.2, 0.25) is 5.91 Å². The number of nitrogens with one attached hydrogen (secondary N) is 1. The lowest BCUT2D eigenvalue weighted by molar-refractivity contribution is -0.114. The summed E-state index contributed by atoms with van der Waals surface area (Å²) >= 11 is 0.893. The fourth-order valence-electron chi connectivity index (χ4n) is 2.61. The number of aromatic nitrogens is 2. The predicted octanol–water partition coefficient (Wildman–Crippen LogP) is 1.47. The number of carboxylic acids is 1. The first kappa shape index (κ1) is 17.6. The molecule has 134 valence electrons. The van der Waals surface area contributed by atoms with Gasteiger partial charge in [-0.05, 0) is 23.8 Å². The average molecular weight is 373 g/mol. The molecule has 26 heavy (non-hydrogen) atoms. The molecular weight excluding hydrogens is 358 g/mol. The Morgan fingerprint density at radius 1 is 1.19 bits per heavy atom. The molecule has 0 atom stereocenters. The van der Waals surface area contributed by atoms with Crippen LogP contribution in [0.1, 0.15) is 22.2 Å². The Morgan fingerprint density at radius 3 is 2.42 bits per heavy atom. The number of fused-ring (bicyclic) bond motifs is 1. The summed E-state index contributed by atoms with van der Waals surface area (Å²) < 4.78 is 2.34. The first-order valence-electron chi connectivity index (χ1n) is 7.61. The van der Waals surface area contributed by atoms with Crippen molar-refractivity contribution in [1.29, 1.82) is 0 Å². The zero-order valence-corrected chi connectivity index (χ0v) is 14.8. The number of hydrogen-bond acceptors (Lipinski definition) is 5. The van der Waals surface area contributed by atoms with Crippen molar-refractivity contribution in [2.24, 2.45) is 7.05 Å². The molecule has 0 aliphatic heterocycles. The second-order valence-corrected chi connectivity index (χ2v) is 6.78. The lowest BCUT2D eigenvalue weighted by Gasteiger charge is -2.09. The number of carbonyl (C=O) groups is 2. The molecular formula is C17H15N3O5S. The van der Waals surface area contributed by atoms with E-state index in [0.29, 0.717) is 16.1 Å². The molecule has 2 N–H and O–H groups in total. The Kier molecular flexibility index (Phi) is 4.47. The quantitative estimate of drug-likeness (QED) is 0.719. The number of rotatable bonds is 4. The van der Waals surface area contributed by atoms with Crippen LogP contribution < -0.4 is 16.6 Å². The number of carbonyl (C=O) groups excluding carboxylic acids is 1. The zero-order valence-electron chi connectivity index (χ0n) is 14.0. The zero-order chi connectivity index (χ0) is 19.0. The summed E-state index contributed by atoms with van der Waals surface area (Å²) in [6, 6.07) is 8.06. The van der Waals surface area contributed by atoms with Crippen molar-refractivity contribution in [1.82, 2.24) is 9.13 Å². The van der Waals surface area contributed by atoms with Crippen molar-refractivity contribution in [3.05, 3.63) is 61.6 Å². The first-order valence-corrected chi connectivity index (χ1v) is 8.42. The van der Waals surface area contributed by atoms with Gasteiger partial charge in [-0.15, -0.1) is 11.3 Å². The minimum atomic E-state index is -1.14. The van der Waals surface area contributed by atoms with Crippen LogP contribution in [-0.4, -0.2) is 26.1 Å². The van der Waals surface area contributed by atoms with Gasteiger partial charge < -0.3 is 10.4 Å². The van der Waals surface area contributed by atoms with Crippen molar-refractivity contribution in [2.45, 2.75) is 13.5 Å². The summed E-state index contributed by atoms with van der Waals surface area (Å²) in [7, 11) is 1.50. The average Bonchev–Trinajstić information content (AvgIpc) is 3.04. The highest BCUT2D eigenvalue weighted by molar-refractivity contribution is 7.20. The minimum Gasteiger partial charge on any atom is -0.477 e. The summed E-state index contributed by atoms with van der Waals surface area (Å²) in [6.45, 7) is 1.44. The molecule has 3 aromatic rings. The standard InChI is InChI=1S/C17H15N3O5S/c1-9(21)18-11-5-3-10(4-6-11)8-20-14(22)12-7-13(16(23)24)26-15(12)19(2)17(20)25/h3-7H,8H2,1-2H3,(H,18,21)(H,23,24). The molecule has 0 fully saturated rings. The van der Waals surface area contributed by atoms with E-state index in [1.807, 2.05) is 0 Å². The molecule has 3 rings (SSSR count). The number of amides is 1. The molecule has 0 saturated carbocycles. The van der Waals surface area contributed by atoms with Gasteiger partial charge in [-0.2, -0.15) is 0 Å². The van der Waals surface area contributed by atoms with E-state index >= 15 is 0 Å². The molecule has 2 heterocycles. The van der Waals surface area contributed by atoms with E-state index in [0.717, 1.165) is 15.9 Å². The van der Waals surface area contributed by atoms with Crippen LogP contribution in [0.5, 0.6) is 0 Å². The number of aryl methyl sites for hydroxylation is 1. The summed E-state index contributed by atoms with van der Waals surface area (Å²) in [5.41, 5.74) is 0.261. The maximum atomic E-state index is 12.7. The van der Waals surface area contributed by atoms with Crippen molar-refractivity contribution < 1.29 is 14.7 Å². The number of carboxylic acid groups (broad SMARTS) is 1. The topological polar surface area (TPSA) is 110 Å². The van der Waals surface area contributed by atoms with Gasteiger partial charge >= 0.3 is 11.7 Å². The van der Waals surface area contributed by atoms with Crippen LogP contribution in [0.15, 0.2) is 39.9 Å². The molecule has 0 aliphatic rings. The highest BCUT2D eigenvalue weighted by atomic mass is 32.1. The van der Waals surface area contributed by atoms with E-state index in [9.17, 15) is 19.2 Å². The fraction of sp³-hybridized carbons (Fsp3) is 0.176. The molecule has 0 aliphatic carbocycles. The van der Waals surface area contributed by atoms with Crippen LogP contribution in [0.3, 0.4) is 0 Å². The van der Waals surface area contributed by atoms with Gasteiger partial charge in [-0.1, -0.05) is 12.1 Å². The second kappa shape index (κ2) is 6.60. The number of aromatic carboxylic acids is 1. The number of nitrogens with zero attached hydrogens (tertiary/aromatic N) is 2. The first-order chi connectivity index (χ1) is 12.3. The van der Waals surface area contributed by atoms with E-state index in [1.165, 1.54) is 24.6 Å². The highest BCUT2D eigenvalue weighted by Crippen LogP contribution is 2.21. The number of hydrogen-bond donors (Lipinski definition) is 2. The van der Waals surface area contributed by atoms with E-state index in [4.69, 9.17) is 5.11 Å². The molecule has 0 spiro atoms. The Labute approximate surface area is 150 Å². The van der Waals surface area contributed by atoms with Gasteiger partial charge in [0.1, 0.15) is 9.71 Å². The van der Waals surface area contributed by atoms with Gasteiger partial charge in [0, 0.05) is 19.7 Å². The van der Waals surface area contributed by atoms with E-state index < -0.39 is 17.2 Å². The van der Waals surface area contributed by atoms with Crippen LogP contribution in [0, 0.1) is 0 Å². The maximum Gasteiger partial charge on any atom is 0.345 e. The SMILES string of the molecule is CC(=O)Nc1ccc(Cn2c(=O)c3cc(C(=O)O)sc3n(C)c2=O)cc1. The largest absolute Gasteiger partial charge is 0.477 e. The van der Waals surface area contributed by atoms with E-state index in [2.05, 4.69) is 5.32 Å². The molecule has 0 bridgehead atoms. The van der Waals surface area contributed by atoms with Crippen molar-refractivity contribution in [2.75, 3.05) is 5.32 Å². The third-order valence-corrected chi connectivity index (χ3v) is 5.04. The summed E-state index contributed by atoms with van der Waals surface area (Å²) in [5.74, 6) is -1.34. The molecule has 1 amide bonds. The van der Waals surface area contributed by atoms with Gasteiger partial charge in [0.25, 0.3) is 5.56 Å². The summed E-state index contributed by atoms with van der Waals surface area (Å²) in [5, 5.41) is 12.0. The predicted molar refractivity (Wildman–Crippen MR) is 98.1 cm³/mol. The normalized spacial score (nSPS) is 10.8. The third kappa shape index (κ3) is 3.16. The van der Waals surface area contributed by atoms with Crippen LogP contribution in [0.25, 0.3) is 10.2 Å². The van der Waals surface area contributed by atoms with Crippen LogP contribution in [0.4, 0.5) is 5.69 Å². The van der Waals surface area contributed by atoms with Crippen LogP contribution >= 0.6 is 11.3 Å². The molecule has 0 unspecified atom stereocenters. The smallest absolute Gasteiger partial charge is 0.345 e. The van der Waals surface area contributed by atoms with Gasteiger partial charge in [-0.3, -0.25) is 18.7 Å². The Bertz CT molecular complexity index is 1140. The Hall–Kier alpha value is -3.20. The van der Waals surface area contributed by atoms with Gasteiger partial charge in [-0.25, -0.2) is 9.59 Å². The molecule has 0 radical (unpaired) electrons. The van der Waals surface area contributed by atoms with Crippen molar-refractivity contribution >= 4 is 39.1 Å². The van der Waals surface area contributed by atoms with Gasteiger partial charge in [0.15, 0.2) is 0 Å². The lowest BCUT2D eigenvalue weighted by atomic mass is 10.2. The van der Waals surface area contributed by atoms with Crippen LogP contribution in [0.2, 0.25) is 0 Å². The summed E-state index contributed by atoms with van der Waals surface area (Å²) in [6.07, 6.45) is 0. The number of thiophene rings is 1. The number of anilines is 1. The van der Waals surface area contributed by atoms with Gasteiger partial charge in [0.05, 0.1) is 11.9 Å². The molecule has 1 aromatic carbocycles. The Balaban J connectivity index is 2.05.